The van der Waals surface area contributed by atoms with Gasteiger partial charge in [0.1, 0.15) is 6.04 Å². The van der Waals surface area contributed by atoms with Crippen LogP contribution in [0.4, 0.5) is 0 Å². The van der Waals surface area contributed by atoms with Crippen LogP contribution in [0.2, 0.25) is 5.22 Å². The van der Waals surface area contributed by atoms with Gasteiger partial charge in [-0.2, -0.15) is 0 Å². The van der Waals surface area contributed by atoms with Crippen LogP contribution in [0.25, 0.3) is 0 Å². The maximum absolute atomic E-state index is 12.4. The Morgan fingerprint density at radius 1 is 1.38 bits per heavy atom. The number of furan rings is 1. The smallest absolute Gasteiger partial charge is 0.326 e. The van der Waals surface area contributed by atoms with Gasteiger partial charge in [-0.1, -0.05) is 0 Å². The van der Waals surface area contributed by atoms with Gasteiger partial charge in [-0.15, -0.1) is 0 Å². The molecule has 0 aromatic carbocycles. The predicted octanol–water partition coefficient (Wildman–Crippen LogP) is 0.984. The van der Waals surface area contributed by atoms with Gasteiger partial charge in [-0.25, -0.2) is 4.79 Å². The van der Waals surface area contributed by atoms with Crippen molar-refractivity contribution >= 4 is 29.4 Å². The van der Waals surface area contributed by atoms with Crippen molar-refractivity contribution in [3.8, 4) is 0 Å². The van der Waals surface area contributed by atoms with Gasteiger partial charge in [0.2, 0.25) is 5.91 Å². The zero-order chi connectivity index (χ0) is 15.6. The first kappa shape index (κ1) is 15.4. The standard InChI is InChI=1S/C13H15ClN2O5/c1-15-11(17)7-2-3-8(13(19)20)16(6-7)12(18)9-4-5-10(14)21-9/h4-5,7-8H,2-3,6H2,1H3,(H,15,17)(H,19,20)/t7-,8-/m0/s1. The number of nitrogens with one attached hydrogen (secondary N) is 1. The van der Waals surface area contributed by atoms with E-state index in [9.17, 15) is 19.5 Å². The first-order chi connectivity index (χ1) is 9.93. The van der Waals surface area contributed by atoms with Crippen molar-refractivity contribution in [2.75, 3.05) is 13.6 Å². The highest BCUT2D eigenvalue weighted by molar-refractivity contribution is 6.29. The van der Waals surface area contributed by atoms with Crippen LogP contribution >= 0.6 is 11.6 Å². The van der Waals surface area contributed by atoms with Gasteiger partial charge in [-0.3, -0.25) is 9.59 Å². The number of carbonyl (C=O) groups excluding carboxylic acids is 2. The number of piperidine rings is 1. The van der Waals surface area contributed by atoms with E-state index in [0.717, 1.165) is 4.90 Å². The number of nitrogens with zero attached hydrogens (tertiary/aromatic N) is 1. The van der Waals surface area contributed by atoms with Gasteiger partial charge in [0.15, 0.2) is 11.0 Å². The molecule has 2 atom stereocenters. The molecule has 114 valence electrons. The van der Waals surface area contributed by atoms with E-state index in [1.807, 2.05) is 0 Å². The Morgan fingerprint density at radius 2 is 2.10 bits per heavy atom. The molecule has 1 aromatic rings. The second-order valence-electron chi connectivity index (χ2n) is 4.80. The molecule has 0 spiro atoms. The number of aliphatic carboxylic acids is 1. The Labute approximate surface area is 125 Å². The quantitative estimate of drug-likeness (QED) is 0.866. The third kappa shape index (κ3) is 3.18. The fourth-order valence-electron chi connectivity index (χ4n) is 2.44. The Hall–Kier alpha value is -2.02. The first-order valence-electron chi connectivity index (χ1n) is 6.44. The monoisotopic (exact) mass is 314 g/mol. The zero-order valence-corrected chi connectivity index (χ0v) is 12.1. The minimum absolute atomic E-state index is 0.0355. The zero-order valence-electron chi connectivity index (χ0n) is 11.3. The second-order valence-corrected chi connectivity index (χ2v) is 5.18. The van der Waals surface area contributed by atoms with Crippen molar-refractivity contribution in [1.29, 1.82) is 0 Å². The van der Waals surface area contributed by atoms with Crippen molar-refractivity contribution in [1.82, 2.24) is 10.2 Å². The highest BCUT2D eigenvalue weighted by atomic mass is 35.5. The number of halogens is 1. The van der Waals surface area contributed by atoms with Crippen molar-refractivity contribution in [3.63, 3.8) is 0 Å². The van der Waals surface area contributed by atoms with Gasteiger partial charge >= 0.3 is 5.97 Å². The Bertz CT molecular complexity index is 571. The number of hydrogen-bond donors (Lipinski definition) is 2. The van der Waals surface area contributed by atoms with Crippen LogP contribution in [-0.4, -0.2) is 47.4 Å². The van der Waals surface area contributed by atoms with Crippen molar-refractivity contribution in [3.05, 3.63) is 23.1 Å². The molecule has 1 saturated heterocycles. The van der Waals surface area contributed by atoms with Crippen LogP contribution in [0.3, 0.4) is 0 Å². The van der Waals surface area contributed by atoms with E-state index in [2.05, 4.69) is 5.32 Å². The number of rotatable bonds is 3. The fourth-order valence-corrected chi connectivity index (χ4v) is 2.59. The molecule has 0 unspecified atom stereocenters. The summed E-state index contributed by atoms with van der Waals surface area (Å²) in [6, 6.07) is 1.82. The van der Waals surface area contributed by atoms with Gasteiger partial charge in [-0.05, 0) is 36.6 Å². The van der Waals surface area contributed by atoms with E-state index in [0.29, 0.717) is 6.42 Å². The second kappa shape index (κ2) is 6.17. The summed E-state index contributed by atoms with van der Waals surface area (Å²) in [6.45, 7) is 0.0355. The van der Waals surface area contributed by atoms with Gasteiger partial charge in [0, 0.05) is 13.6 Å². The molecule has 0 aliphatic carbocycles. The van der Waals surface area contributed by atoms with Crippen LogP contribution in [0, 0.1) is 5.92 Å². The van der Waals surface area contributed by atoms with Crippen LogP contribution in [0.1, 0.15) is 23.4 Å². The van der Waals surface area contributed by atoms with Crippen molar-refractivity contribution in [2.24, 2.45) is 5.92 Å². The fraction of sp³-hybridized carbons (Fsp3) is 0.462. The average Bonchev–Trinajstić information content (AvgIpc) is 2.91. The molecule has 1 aliphatic heterocycles. The topological polar surface area (TPSA) is 99.9 Å². The number of carboxylic acids is 1. The van der Waals surface area contributed by atoms with Crippen LogP contribution in [-0.2, 0) is 9.59 Å². The molecule has 1 fully saturated rings. The summed E-state index contributed by atoms with van der Waals surface area (Å²) >= 11 is 5.63. The summed E-state index contributed by atoms with van der Waals surface area (Å²) in [4.78, 5) is 36.5. The van der Waals surface area contributed by atoms with Gasteiger partial charge in [0.25, 0.3) is 5.91 Å². The molecule has 8 heteroatoms. The molecular weight excluding hydrogens is 300 g/mol. The minimum atomic E-state index is -1.10. The van der Waals surface area contributed by atoms with Gasteiger partial charge < -0.3 is 19.7 Å². The molecule has 0 saturated carbocycles. The number of carbonyl (C=O) groups is 3. The number of amides is 2. The van der Waals surface area contributed by atoms with Crippen molar-refractivity contribution < 1.29 is 23.9 Å². The average molecular weight is 315 g/mol. The van der Waals surface area contributed by atoms with E-state index in [-0.39, 0.29) is 29.9 Å². The summed E-state index contributed by atoms with van der Waals surface area (Å²) < 4.78 is 5.03. The highest BCUT2D eigenvalue weighted by Crippen LogP contribution is 2.25. The normalized spacial score (nSPS) is 21.9. The minimum Gasteiger partial charge on any atom is -0.480 e. The third-order valence-corrected chi connectivity index (χ3v) is 3.73. The number of carboxylic acid groups (broad SMARTS) is 1. The van der Waals surface area contributed by atoms with E-state index in [1.165, 1.54) is 19.2 Å². The SMILES string of the molecule is CNC(=O)[C@H]1CC[C@@H](C(=O)O)N(C(=O)c2ccc(Cl)o2)C1. The lowest BCUT2D eigenvalue weighted by Gasteiger charge is -2.36. The molecule has 2 amide bonds. The van der Waals surface area contributed by atoms with Crippen LogP contribution < -0.4 is 5.32 Å². The lowest BCUT2D eigenvalue weighted by atomic mass is 9.91. The summed E-state index contributed by atoms with van der Waals surface area (Å²) in [5.74, 6) is -2.36. The molecule has 2 heterocycles. The Morgan fingerprint density at radius 3 is 2.62 bits per heavy atom. The highest BCUT2D eigenvalue weighted by Gasteiger charge is 2.39. The van der Waals surface area contributed by atoms with Crippen molar-refractivity contribution in [2.45, 2.75) is 18.9 Å². The van der Waals surface area contributed by atoms with E-state index in [4.69, 9.17) is 16.0 Å². The maximum atomic E-state index is 12.4. The Kier molecular flexibility index (Phi) is 4.52. The molecule has 0 bridgehead atoms. The van der Waals surface area contributed by atoms with E-state index < -0.39 is 23.8 Å². The summed E-state index contributed by atoms with van der Waals surface area (Å²) in [5.41, 5.74) is 0. The lowest BCUT2D eigenvalue weighted by molar-refractivity contribution is -0.145. The third-order valence-electron chi connectivity index (χ3n) is 3.53. The van der Waals surface area contributed by atoms with E-state index >= 15 is 0 Å². The molecule has 2 N–H and O–H groups in total. The van der Waals surface area contributed by atoms with Crippen LogP contribution in [0.5, 0.6) is 0 Å². The molecular formula is C13H15ClN2O5. The molecule has 1 aromatic heterocycles. The van der Waals surface area contributed by atoms with Gasteiger partial charge in [0.05, 0.1) is 5.92 Å². The summed E-state index contributed by atoms with van der Waals surface area (Å²) in [7, 11) is 1.50. The van der Waals surface area contributed by atoms with E-state index in [1.54, 1.807) is 0 Å². The summed E-state index contributed by atoms with van der Waals surface area (Å²) in [5, 5.41) is 11.8. The number of likely N-dealkylation sites (tertiary alicyclic amines) is 1. The maximum Gasteiger partial charge on any atom is 0.326 e. The molecule has 0 radical (unpaired) electrons. The molecule has 21 heavy (non-hydrogen) atoms. The predicted molar refractivity (Wildman–Crippen MR) is 73.0 cm³/mol. The van der Waals surface area contributed by atoms with Crippen LogP contribution in [0.15, 0.2) is 16.5 Å². The Balaban J connectivity index is 2.23. The number of hydrogen-bond acceptors (Lipinski definition) is 4. The molecule has 7 nitrogen and oxygen atoms in total. The largest absolute Gasteiger partial charge is 0.480 e. The summed E-state index contributed by atoms with van der Waals surface area (Å²) in [6.07, 6.45) is 0.632. The molecule has 1 aliphatic rings. The molecule has 2 rings (SSSR count). The first-order valence-corrected chi connectivity index (χ1v) is 6.82. The lowest BCUT2D eigenvalue weighted by Crippen LogP contribution is -2.53.